The van der Waals surface area contributed by atoms with E-state index in [9.17, 15) is 9.59 Å². The van der Waals surface area contributed by atoms with E-state index in [0.29, 0.717) is 39.1 Å². The number of nitrogens with one attached hydrogen (secondary N) is 1. The minimum Gasteiger partial charge on any atom is -0.495 e. The number of nitrogens with zero attached hydrogens (tertiary/aromatic N) is 2. The number of aromatic nitrogens is 2. The SMILES string of the molecule is CCCNC(=O)C(C)Sc1nc2ccccc2c(=O)n1-c1ccc(OC)c(Cl)c1. The van der Waals surface area contributed by atoms with Gasteiger partial charge in [0.2, 0.25) is 5.91 Å². The maximum Gasteiger partial charge on any atom is 0.266 e. The van der Waals surface area contributed by atoms with E-state index in [2.05, 4.69) is 10.3 Å². The van der Waals surface area contributed by atoms with Crippen molar-refractivity contribution in [3.05, 3.63) is 57.8 Å². The van der Waals surface area contributed by atoms with E-state index in [1.165, 1.54) is 23.4 Å². The van der Waals surface area contributed by atoms with Crippen LogP contribution in [0.1, 0.15) is 20.3 Å². The van der Waals surface area contributed by atoms with Crippen LogP contribution < -0.4 is 15.6 Å². The van der Waals surface area contributed by atoms with Gasteiger partial charge in [-0.3, -0.25) is 14.2 Å². The molecule has 0 radical (unpaired) electrons. The summed E-state index contributed by atoms with van der Waals surface area (Å²) >= 11 is 7.52. The van der Waals surface area contributed by atoms with E-state index in [1.807, 2.05) is 13.0 Å². The summed E-state index contributed by atoms with van der Waals surface area (Å²) in [5, 5.41) is 3.75. The first-order chi connectivity index (χ1) is 14.0. The molecule has 3 rings (SSSR count). The molecule has 0 aliphatic carbocycles. The summed E-state index contributed by atoms with van der Waals surface area (Å²) < 4.78 is 6.70. The lowest BCUT2D eigenvalue weighted by Gasteiger charge is -2.17. The zero-order valence-electron chi connectivity index (χ0n) is 16.4. The normalized spacial score (nSPS) is 12.0. The molecule has 1 amide bonds. The molecule has 0 spiro atoms. The number of ether oxygens (including phenoxy) is 1. The second kappa shape index (κ2) is 9.33. The Labute approximate surface area is 178 Å². The van der Waals surface area contributed by atoms with E-state index < -0.39 is 5.25 Å². The quantitative estimate of drug-likeness (QED) is 0.451. The average molecular weight is 432 g/mol. The molecular formula is C21H22ClN3O3S. The molecule has 0 saturated carbocycles. The fourth-order valence-electron chi connectivity index (χ4n) is 2.82. The van der Waals surface area contributed by atoms with Gasteiger partial charge >= 0.3 is 0 Å². The van der Waals surface area contributed by atoms with Crippen LogP contribution in [0.5, 0.6) is 5.75 Å². The third kappa shape index (κ3) is 4.57. The first-order valence-electron chi connectivity index (χ1n) is 9.26. The number of hydrogen-bond donors (Lipinski definition) is 1. The van der Waals surface area contributed by atoms with E-state index in [-0.39, 0.29) is 11.5 Å². The molecule has 1 heterocycles. The summed E-state index contributed by atoms with van der Waals surface area (Å²) in [5.41, 5.74) is 0.917. The number of carbonyl (C=O) groups is 1. The Kier molecular flexibility index (Phi) is 6.82. The van der Waals surface area contributed by atoms with Crippen molar-refractivity contribution >= 4 is 40.2 Å². The highest BCUT2D eigenvalue weighted by Crippen LogP contribution is 2.29. The van der Waals surface area contributed by atoms with Gasteiger partial charge in [0.05, 0.1) is 34.0 Å². The first-order valence-corrected chi connectivity index (χ1v) is 10.5. The number of carbonyl (C=O) groups excluding carboxylic acids is 1. The highest BCUT2D eigenvalue weighted by molar-refractivity contribution is 8.00. The van der Waals surface area contributed by atoms with Gasteiger partial charge in [-0.05, 0) is 43.7 Å². The van der Waals surface area contributed by atoms with Gasteiger partial charge in [0.15, 0.2) is 5.16 Å². The molecule has 29 heavy (non-hydrogen) atoms. The summed E-state index contributed by atoms with van der Waals surface area (Å²) in [6.07, 6.45) is 0.854. The summed E-state index contributed by atoms with van der Waals surface area (Å²) in [4.78, 5) is 30.3. The van der Waals surface area contributed by atoms with Crippen molar-refractivity contribution in [2.45, 2.75) is 30.7 Å². The van der Waals surface area contributed by atoms with Crippen molar-refractivity contribution in [1.29, 1.82) is 0 Å². The van der Waals surface area contributed by atoms with E-state index in [4.69, 9.17) is 16.3 Å². The van der Waals surface area contributed by atoms with Crippen LogP contribution in [0.15, 0.2) is 52.4 Å². The Hall–Kier alpha value is -2.51. The zero-order valence-corrected chi connectivity index (χ0v) is 18.0. The van der Waals surface area contributed by atoms with E-state index >= 15 is 0 Å². The standard InChI is InChI=1S/C21H22ClN3O3S/c1-4-11-23-19(26)13(2)29-21-24-17-8-6-5-7-15(17)20(27)25(21)14-9-10-18(28-3)16(22)12-14/h5-10,12-13H,4,11H2,1-3H3,(H,23,26). The number of para-hydroxylation sites is 1. The van der Waals surface area contributed by atoms with Crippen LogP contribution in [0.25, 0.3) is 16.6 Å². The predicted octanol–water partition coefficient (Wildman–Crippen LogP) is 4.05. The number of rotatable bonds is 7. The summed E-state index contributed by atoms with van der Waals surface area (Å²) in [6, 6.07) is 12.2. The maximum absolute atomic E-state index is 13.3. The third-order valence-electron chi connectivity index (χ3n) is 4.34. The molecule has 0 bridgehead atoms. The van der Waals surface area contributed by atoms with Crippen LogP contribution in [-0.2, 0) is 4.79 Å². The van der Waals surface area contributed by atoms with E-state index in [0.717, 1.165) is 6.42 Å². The van der Waals surface area contributed by atoms with Gasteiger partial charge in [0.25, 0.3) is 5.56 Å². The Balaban J connectivity index is 2.12. The third-order valence-corrected chi connectivity index (χ3v) is 5.69. The monoisotopic (exact) mass is 431 g/mol. The van der Waals surface area contributed by atoms with Gasteiger partial charge in [-0.1, -0.05) is 42.4 Å². The number of methoxy groups -OCH3 is 1. The first kappa shape index (κ1) is 21.2. The van der Waals surface area contributed by atoms with Gasteiger partial charge < -0.3 is 10.1 Å². The van der Waals surface area contributed by atoms with Crippen LogP contribution in [-0.4, -0.2) is 34.4 Å². The molecule has 1 aromatic heterocycles. The smallest absolute Gasteiger partial charge is 0.266 e. The number of amides is 1. The van der Waals surface area contributed by atoms with Crippen LogP contribution in [0, 0.1) is 0 Å². The lowest BCUT2D eigenvalue weighted by molar-refractivity contribution is -0.120. The van der Waals surface area contributed by atoms with Crippen LogP contribution >= 0.6 is 23.4 Å². The molecule has 6 nitrogen and oxygen atoms in total. The Morgan fingerprint density at radius 1 is 1.31 bits per heavy atom. The Morgan fingerprint density at radius 2 is 2.07 bits per heavy atom. The second-order valence-corrected chi connectivity index (χ2v) is 8.14. The molecule has 0 fully saturated rings. The zero-order chi connectivity index (χ0) is 21.0. The molecule has 0 saturated heterocycles. The van der Waals surface area contributed by atoms with Crippen molar-refractivity contribution in [2.24, 2.45) is 0 Å². The lowest BCUT2D eigenvalue weighted by Crippen LogP contribution is -2.32. The highest BCUT2D eigenvalue weighted by atomic mass is 35.5. The number of thioether (sulfide) groups is 1. The molecule has 1 N–H and O–H groups in total. The van der Waals surface area contributed by atoms with Gasteiger partial charge in [-0.2, -0.15) is 0 Å². The molecule has 0 aliphatic rings. The maximum atomic E-state index is 13.3. The van der Waals surface area contributed by atoms with Crippen LogP contribution in [0.2, 0.25) is 5.02 Å². The summed E-state index contributed by atoms with van der Waals surface area (Å²) in [6.45, 7) is 4.40. The summed E-state index contributed by atoms with van der Waals surface area (Å²) in [7, 11) is 1.53. The number of hydrogen-bond acceptors (Lipinski definition) is 5. The Bertz CT molecular complexity index is 1100. The topological polar surface area (TPSA) is 73.2 Å². The average Bonchev–Trinajstić information content (AvgIpc) is 2.72. The summed E-state index contributed by atoms with van der Waals surface area (Å²) in [5.74, 6) is 0.414. The lowest BCUT2D eigenvalue weighted by atomic mass is 10.2. The van der Waals surface area contributed by atoms with Gasteiger partial charge in [0, 0.05) is 6.54 Å². The molecule has 0 aliphatic heterocycles. The molecule has 2 aromatic carbocycles. The van der Waals surface area contributed by atoms with Gasteiger partial charge in [-0.15, -0.1) is 0 Å². The van der Waals surface area contributed by atoms with Crippen LogP contribution in [0.4, 0.5) is 0 Å². The highest BCUT2D eigenvalue weighted by Gasteiger charge is 2.20. The van der Waals surface area contributed by atoms with Crippen molar-refractivity contribution in [3.8, 4) is 11.4 Å². The minimum atomic E-state index is -0.422. The molecule has 1 atom stereocenters. The fraction of sp³-hybridized carbons (Fsp3) is 0.286. The fourth-order valence-corrected chi connectivity index (χ4v) is 4.02. The van der Waals surface area contributed by atoms with E-state index in [1.54, 1.807) is 43.3 Å². The second-order valence-electron chi connectivity index (χ2n) is 6.42. The minimum absolute atomic E-state index is 0.0985. The molecule has 152 valence electrons. The molecule has 8 heteroatoms. The van der Waals surface area contributed by atoms with Gasteiger partial charge in [-0.25, -0.2) is 4.98 Å². The number of fused-ring (bicyclic) bond motifs is 1. The van der Waals surface area contributed by atoms with Crippen molar-refractivity contribution < 1.29 is 9.53 Å². The molecule has 1 unspecified atom stereocenters. The molecule has 3 aromatic rings. The number of benzene rings is 2. The largest absolute Gasteiger partial charge is 0.495 e. The number of halogens is 1. The van der Waals surface area contributed by atoms with Crippen molar-refractivity contribution in [1.82, 2.24) is 14.9 Å². The Morgan fingerprint density at radius 3 is 2.76 bits per heavy atom. The van der Waals surface area contributed by atoms with Crippen molar-refractivity contribution in [3.63, 3.8) is 0 Å². The van der Waals surface area contributed by atoms with Crippen molar-refractivity contribution in [2.75, 3.05) is 13.7 Å². The molecular weight excluding hydrogens is 410 g/mol. The van der Waals surface area contributed by atoms with Gasteiger partial charge in [0.1, 0.15) is 5.75 Å². The predicted molar refractivity (Wildman–Crippen MR) is 118 cm³/mol. The van der Waals surface area contributed by atoms with Crippen LogP contribution in [0.3, 0.4) is 0 Å².